The molecule has 0 spiro atoms. The van der Waals surface area contributed by atoms with Gasteiger partial charge in [-0.1, -0.05) is 12.2 Å². The smallest absolute Gasteiger partial charge is 0.264 e. The molecule has 0 aromatic carbocycles. The molecule has 4 heteroatoms. The summed E-state index contributed by atoms with van der Waals surface area (Å²) in [4.78, 5) is 10.4. The molecule has 0 fully saturated rings. The number of nitrogens with two attached hydrogens (primary N) is 1. The minimum Gasteiger partial charge on any atom is -0.377 e. The van der Waals surface area contributed by atoms with Crippen molar-refractivity contribution in [2.24, 2.45) is 5.73 Å². The zero-order valence-corrected chi connectivity index (χ0v) is 6.15. The highest BCUT2D eigenvalue weighted by molar-refractivity contribution is 5.91. The minimum atomic E-state index is -0.403. The van der Waals surface area contributed by atoms with E-state index in [0.29, 0.717) is 12.2 Å². The van der Waals surface area contributed by atoms with Gasteiger partial charge in [-0.3, -0.25) is 4.79 Å². The van der Waals surface area contributed by atoms with E-state index >= 15 is 0 Å². The summed E-state index contributed by atoms with van der Waals surface area (Å²) in [5.74, 6) is -0.403. The van der Waals surface area contributed by atoms with E-state index in [-0.39, 0.29) is 12.4 Å². The van der Waals surface area contributed by atoms with Crippen LogP contribution >= 0.6 is 12.4 Å². The van der Waals surface area contributed by atoms with Gasteiger partial charge in [-0.05, 0) is 6.08 Å². The van der Waals surface area contributed by atoms with Crippen molar-refractivity contribution >= 4 is 18.3 Å². The number of rotatable bonds is 1. The monoisotopic (exact) mass is 160 g/mol. The van der Waals surface area contributed by atoms with Crippen LogP contribution in [0.25, 0.3) is 0 Å². The third-order valence-corrected chi connectivity index (χ3v) is 1.07. The number of hydrogen-bond donors (Lipinski definition) is 2. The zero-order valence-electron chi connectivity index (χ0n) is 5.33. The zero-order chi connectivity index (χ0) is 6.69. The molecular weight excluding hydrogens is 152 g/mol. The van der Waals surface area contributed by atoms with E-state index in [0.717, 1.165) is 0 Å². The quantitative estimate of drug-likeness (QED) is 0.565. The van der Waals surface area contributed by atoms with Crippen molar-refractivity contribution in [3.05, 3.63) is 23.9 Å². The number of allylic oxidation sites excluding steroid dienone is 2. The highest BCUT2D eigenvalue weighted by atomic mass is 35.5. The second-order valence-corrected chi connectivity index (χ2v) is 1.75. The average Bonchev–Trinajstić information content (AvgIpc) is 1.90. The van der Waals surface area contributed by atoms with E-state index in [4.69, 9.17) is 5.73 Å². The molecule has 3 N–H and O–H groups in total. The van der Waals surface area contributed by atoms with E-state index < -0.39 is 5.91 Å². The molecule has 56 valence electrons. The maximum atomic E-state index is 10.4. The molecule has 0 aliphatic carbocycles. The van der Waals surface area contributed by atoms with Crippen molar-refractivity contribution in [1.29, 1.82) is 0 Å². The van der Waals surface area contributed by atoms with Crippen LogP contribution in [0.3, 0.4) is 0 Å². The highest BCUT2D eigenvalue weighted by Gasteiger charge is 2.02. The van der Waals surface area contributed by atoms with Crippen LogP contribution in [0.5, 0.6) is 0 Å². The Labute approximate surface area is 65.4 Å². The summed E-state index contributed by atoms with van der Waals surface area (Å²) in [5, 5.41) is 2.82. The Bertz CT molecular complexity index is 186. The Morgan fingerprint density at radius 2 is 2.40 bits per heavy atom. The Kier molecular flexibility index (Phi) is 3.57. The lowest BCUT2D eigenvalue weighted by molar-refractivity contribution is -0.114. The van der Waals surface area contributed by atoms with E-state index in [1.165, 1.54) is 0 Å². The summed E-state index contributed by atoms with van der Waals surface area (Å²) in [6.45, 7) is 0.689. The molecule has 1 aliphatic heterocycles. The molecule has 1 heterocycles. The van der Waals surface area contributed by atoms with Crippen molar-refractivity contribution in [3.8, 4) is 0 Å². The first kappa shape index (κ1) is 9.04. The molecule has 0 radical (unpaired) electrons. The van der Waals surface area contributed by atoms with E-state index in [9.17, 15) is 4.79 Å². The SMILES string of the molecule is Cl.NC(=O)C1=CC=CCN1. The van der Waals surface area contributed by atoms with Crippen LogP contribution in [0, 0.1) is 0 Å². The predicted octanol–water partition coefficient (Wildman–Crippen LogP) is -0.0632. The normalized spacial score (nSPS) is 14.6. The van der Waals surface area contributed by atoms with Gasteiger partial charge in [0.2, 0.25) is 0 Å². The Balaban J connectivity index is 0.000000810. The average molecular weight is 161 g/mol. The van der Waals surface area contributed by atoms with Crippen LogP contribution in [0.2, 0.25) is 0 Å². The molecule has 0 atom stereocenters. The van der Waals surface area contributed by atoms with Crippen molar-refractivity contribution in [2.45, 2.75) is 0 Å². The highest BCUT2D eigenvalue weighted by Crippen LogP contribution is 1.92. The summed E-state index contributed by atoms with van der Waals surface area (Å²) >= 11 is 0. The van der Waals surface area contributed by atoms with Crippen LogP contribution in [-0.4, -0.2) is 12.5 Å². The van der Waals surface area contributed by atoms with Crippen LogP contribution in [0.15, 0.2) is 23.9 Å². The first-order valence-corrected chi connectivity index (χ1v) is 2.71. The van der Waals surface area contributed by atoms with Crippen LogP contribution < -0.4 is 11.1 Å². The summed E-state index contributed by atoms with van der Waals surface area (Å²) in [6, 6.07) is 0. The van der Waals surface area contributed by atoms with Gasteiger partial charge in [0, 0.05) is 6.54 Å². The maximum absolute atomic E-state index is 10.4. The summed E-state index contributed by atoms with van der Waals surface area (Å²) in [7, 11) is 0. The minimum absolute atomic E-state index is 0. The molecule has 1 amide bonds. The second kappa shape index (κ2) is 3.95. The third kappa shape index (κ3) is 2.11. The van der Waals surface area contributed by atoms with Crippen molar-refractivity contribution < 1.29 is 4.79 Å². The van der Waals surface area contributed by atoms with Crippen LogP contribution in [-0.2, 0) is 4.79 Å². The fourth-order valence-corrected chi connectivity index (χ4v) is 0.629. The van der Waals surface area contributed by atoms with Crippen molar-refractivity contribution in [1.82, 2.24) is 5.32 Å². The van der Waals surface area contributed by atoms with Gasteiger partial charge in [-0.25, -0.2) is 0 Å². The van der Waals surface area contributed by atoms with Crippen molar-refractivity contribution in [2.75, 3.05) is 6.54 Å². The number of amides is 1. The number of dihydropyridines is 1. The summed E-state index contributed by atoms with van der Waals surface area (Å²) in [5.41, 5.74) is 5.45. The van der Waals surface area contributed by atoms with Gasteiger partial charge in [0.15, 0.2) is 0 Å². The molecule has 0 saturated heterocycles. The fraction of sp³-hybridized carbons (Fsp3) is 0.167. The van der Waals surface area contributed by atoms with Gasteiger partial charge in [-0.15, -0.1) is 12.4 Å². The maximum Gasteiger partial charge on any atom is 0.264 e. The molecular formula is C6H9ClN2O. The lowest BCUT2D eigenvalue weighted by Gasteiger charge is -2.06. The van der Waals surface area contributed by atoms with Crippen LogP contribution in [0.1, 0.15) is 0 Å². The van der Waals surface area contributed by atoms with Gasteiger partial charge in [0.1, 0.15) is 0 Å². The fourth-order valence-electron chi connectivity index (χ4n) is 0.629. The summed E-state index contributed by atoms with van der Waals surface area (Å²) < 4.78 is 0. The molecule has 1 rings (SSSR count). The summed E-state index contributed by atoms with van der Waals surface area (Å²) in [6.07, 6.45) is 5.37. The standard InChI is InChI=1S/C6H8N2O.ClH/c7-6(9)5-3-1-2-4-8-5;/h1-3,8H,4H2,(H2,7,9);1H. The molecule has 0 saturated carbocycles. The molecule has 3 nitrogen and oxygen atoms in total. The lowest BCUT2D eigenvalue weighted by atomic mass is 10.3. The molecule has 0 aromatic rings. The van der Waals surface area contributed by atoms with Gasteiger partial charge >= 0.3 is 0 Å². The molecule has 0 aromatic heterocycles. The Morgan fingerprint density at radius 3 is 2.70 bits per heavy atom. The topological polar surface area (TPSA) is 55.1 Å². The Hall–Kier alpha value is -0.960. The van der Waals surface area contributed by atoms with Crippen LogP contribution in [0.4, 0.5) is 0 Å². The van der Waals surface area contributed by atoms with Gasteiger partial charge in [-0.2, -0.15) is 0 Å². The van der Waals surface area contributed by atoms with Gasteiger partial charge in [0.25, 0.3) is 5.91 Å². The van der Waals surface area contributed by atoms with E-state index in [1.54, 1.807) is 12.2 Å². The van der Waals surface area contributed by atoms with Crippen molar-refractivity contribution in [3.63, 3.8) is 0 Å². The molecule has 10 heavy (non-hydrogen) atoms. The lowest BCUT2D eigenvalue weighted by Crippen LogP contribution is -2.27. The second-order valence-electron chi connectivity index (χ2n) is 1.75. The predicted molar refractivity (Wildman–Crippen MR) is 41.7 cm³/mol. The van der Waals surface area contributed by atoms with Gasteiger partial charge < -0.3 is 11.1 Å². The number of primary amides is 1. The number of nitrogens with one attached hydrogen (secondary N) is 1. The number of halogens is 1. The number of hydrogen-bond acceptors (Lipinski definition) is 2. The number of carbonyl (C=O) groups excluding carboxylic acids is 1. The molecule has 0 unspecified atom stereocenters. The number of carbonyl (C=O) groups is 1. The largest absolute Gasteiger partial charge is 0.377 e. The van der Waals surface area contributed by atoms with E-state index in [2.05, 4.69) is 5.32 Å². The molecule has 1 aliphatic rings. The first-order chi connectivity index (χ1) is 4.30. The Morgan fingerprint density at radius 1 is 1.70 bits per heavy atom. The first-order valence-electron chi connectivity index (χ1n) is 2.71. The molecule has 0 bridgehead atoms. The third-order valence-electron chi connectivity index (χ3n) is 1.07. The van der Waals surface area contributed by atoms with E-state index in [1.807, 2.05) is 6.08 Å². The van der Waals surface area contributed by atoms with Gasteiger partial charge in [0.05, 0.1) is 5.70 Å².